The summed E-state index contributed by atoms with van der Waals surface area (Å²) in [6.45, 7) is 2.28. The molecule has 1 rings (SSSR count). The van der Waals surface area contributed by atoms with Crippen LogP contribution in [0.4, 0.5) is 5.69 Å². The molecule has 0 aromatic heterocycles. The molecular formula is C19H31NS2. The van der Waals surface area contributed by atoms with Crippen molar-refractivity contribution in [3.05, 3.63) is 29.8 Å². The molecule has 0 saturated carbocycles. The van der Waals surface area contributed by atoms with Crippen LogP contribution in [0.15, 0.2) is 24.3 Å². The number of thiocarbonyl (C=S) groups is 1. The third-order valence-corrected chi connectivity index (χ3v) is 4.24. The molecule has 0 fully saturated rings. The lowest BCUT2D eigenvalue weighted by Gasteiger charge is -2.06. The van der Waals surface area contributed by atoms with Crippen molar-refractivity contribution in [2.24, 2.45) is 0 Å². The van der Waals surface area contributed by atoms with Crippen LogP contribution in [0.3, 0.4) is 0 Å². The lowest BCUT2D eigenvalue weighted by Crippen LogP contribution is -2.00. The van der Waals surface area contributed by atoms with Crippen molar-refractivity contribution in [3.63, 3.8) is 0 Å². The maximum absolute atomic E-state index is 4.91. The zero-order chi connectivity index (χ0) is 16.0. The van der Waals surface area contributed by atoms with Gasteiger partial charge in [-0.1, -0.05) is 89.1 Å². The van der Waals surface area contributed by atoms with Gasteiger partial charge in [0.2, 0.25) is 0 Å². The summed E-state index contributed by atoms with van der Waals surface area (Å²) in [5.74, 6) is 0. The van der Waals surface area contributed by atoms with Gasteiger partial charge in [0.15, 0.2) is 0 Å². The van der Waals surface area contributed by atoms with Crippen molar-refractivity contribution < 1.29 is 0 Å². The summed E-state index contributed by atoms with van der Waals surface area (Å²) in [4.78, 5) is 0. The van der Waals surface area contributed by atoms with E-state index < -0.39 is 0 Å². The van der Waals surface area contributed by atoms with Gasteiger partial charge >= 0.3 is 0 Å². The number of thiol groups is 1. The van der Waals surface area contributed by atoms with E-state index in [2.05, 4.69) is 49.1 Å². The van der Waals surface area contributed by atoms with Crippen LogP contribution in [0.5, 0.6) is 0 Å². The molecule has 0 saturated heterocycles. The van der Waals surface area contributed by atoms with Crippen LogP contribution in [0, 0.1) is 0 Å². The lowest BCUT2D eigenvalue weighted by atomic mass is 10.0. The second-order valence-electron chi connectivity index (χ2n) is 6.06. The second-order valence-corrected chi connectivity index (χ2v) is 7.22. The number of hydrogen-bond acceptors (Lipinski definition) is 1. The van der Waals surface area contributed by atoms with Crippen LogP contribution in [0.25, 0.3) is 0 Å². The van der Waals surface area contributed by atoms with Gasteiger partial charge < -0.3 is 5.32 Å². The minimum atomic E-state index is 0.516. The van der Waals surface area contributed by atoms with Gasteiger partial charge in [0.05, 0.1) is 0 Å². The number of benzene rings is 1. The first kappa shape index (κ1) is 19.5. The molecule has 0 aliphatic rings. The fourth-order valence-electron chi connectivity index (χ4n) is 2.69. The Bertz CT molecular complexity index is 400. The van der Waals surface area contributed by atoms with Gasteiger partial charge in [-0.25, -0.2) is 0 Å². The average Bonchev–Trinajstić information content (AvgIpc) is 2.50. The zero-order valence-corrected chi connectivity index (χ0v) is 15.7. The second kappa shape index (κ2) is 13.0. The van der Waals surface area contributed by atoms with E-state index in [0.29, 0.717) is 4.32 Å². The Kier molecular flexibility index (Phi) is 11.5. The Labute approximate surface area is 147 Å². The number of hydrogen-bond donors (Lipinski definition) is 2. The summed E-state index contributed by atoms with van der Waals surface area (Å²) in [5.41, 5.74) is 2.43. The summed E-state index contributed by atoms with van der Waals surface area (Å²) < 4.78 is 0.516. The maximum Gasteiger partial charge on any atom is 0.135 e. The van der Waals surface area contributed by atoms with Crippen molar-refractivity contribution >= 4 is 34.9 Å². The highest BCUT2D eigenvalue weighted by molar-refractivity contribution is 8.11. The summed E-state index contributed by atoms with van der Waals surface area (Å²) >= 11 is 8.99. The van der Waals surface area contributed by atoms with E-state index in [1.165, 1.54) is 76.2 Å². The molecular weight excluding hydrogens is 306 g/mol. The zero-order valence-electron chi connectivity index (χ0n) is 13.9. The van der Waals surface area contributed by atoms with Crippen molar-refractivity contribution in [2.75, 3.05) is 5.32 Å². The molecule has 1 aromatic rings. The Balaban J connectivity index is 1.99. The monoisotopic (exact) mass is 337 g/mol. The first-order chi connectivity index (χ1) is 10.7. The molecule has 0 aliphatic carbocycles. The number of nitrogens with one attached hydrogen (secondary N) is 1. The molecule has 22 heavy (non-hydrogen) atoms. The first-order valence-corrected chi connectivity index (χ1v) is 9.67. The van der Waals surface area contributed by atoms with Gasteiger partial charge in [0.25, 0.3) is 0 Å². The predicted molar refractivity (Wildman–Crippen MR) is 107 cm³/mol. The molecule has 3 heteroatoms. The normalized spacial score (nSPS) is 10.6. The fraction of sp³-hybridized carbons (Fsp3) is 0.632. The molecule has 0 atom stereocenters. The molecule has 1 aromatic carbocycles. The Morgan fingerprint density at radius 3 is 1.86 bits per heavy atom. The van der Waals surface area contributed by atoms with Gasteiger partial charge in [0, 0.05) is 5.69 Å². The number of rotatable bonds is 12. The lowest BCUT2D eigenvalue weighted by molar-refractivity contribution is 0.556. The standard InChI is InChI=1S/C19H31NS2/c1-2-3-4-5-6-7-8-9-10-11-12-17-13-15-18(16-14-17)20-19(21)22/h13-16H,2-12H2,1H3,(H2,20,21,22). The summed E-state index contributed by atoms with van der Waals surface area (Å²) in [6, 6.07) is 8.52. The topological polar surface area (TPSA) is 12.0 Å². The van der Waals surface area contributed by atoms with E-state index in [0.717, 1.165) is 5.69 Å². The number of anilines is 1. The van der Waals surface area contributed by atoms with Crippen LogP contribution < -0.4 is 5.32 Å². The Morgan fingerprint density at radius 2 is 1.36 bits per heavy atom. The van der Waals surface area contributed by atoms with Crippen molar-refractivity contribution in [3.8, 4) is 0 Å². The third kappa shape index (κ3) is 10.2. The number of aryl methyl sites for hydroxylation is 1. The van der Waals surface area contributed by atoms with E-state index in [9.17, 15) is 0 Å². The minimum absolute atomic E-state index is 0.516. The SMILES string of the molecule is CCCCCCCCCCCCc1ccc(NC(=S)S)cc1. The van der Waals surface area contributed by atoms with Gasteiger partial charge in [-0.15, -0.1) is 12.6 Å². The van der Waals surface area contributed by atoms with Crippen LogP contribution in [-0.4, -0.2) is 4.32 Å². The molecule has 1 N–H and O–H groups in total. The van der Waals surface area contributed by atoms with Crippen LogP contribution in [0.1, 0.15) is 76.7 Å². The smallest absolute Gasteiger partial charge is 0.135 e. The molecule has 0 radical (unpaired) electrons. The fourth-order valence-corrected chi connectivity index (χ4v) is 2.94. The molecule has 0 amide bonds. The predicted octanol–water partition coefficient (Wildman–Crippen LogP) is 6.78. The van der Waals surface area contributed by atoms with Crippen LogP contribution in [-0.2, 0) is 6.42 Å². The molecule has 0 aliphatic heterocycles. The average molecular weight is 338 g/mol. The summed E-state index contributed by atoms with van der Waals surface area (Å²) in [7, 11) is 0. The van der Waals surface area contributed by atoms with Crippen molar-refractivity contribution in [1.29, 1.82) is 0 Å². The van der Waals surface area contributed by atoms with Crippen molar-refractivity contribution in [1.82, 2.24) is 0 Å². The molecule has 1 nitrogen and oxygen atoms in total. The van der Waals surface area contributed by atoms with E-state index in [-0.39, 0.29) is 0 Å². The highest BCUT2D eigenvalue weighted by atomic mass is 32.1. The van der Waals surface area contributed by atoms with Crippen molar-refractivity contribution in [2.45, 2.75) is 77.6 Å². The van der Waals surface area contributed by atoms with Crippen LogP contribution >= 0.6 is 24.8 Å². The van der Waals surface area contributed by atoms with E-state index in [4.69, 9.17) is 12.2 Å². The quantitative estimate of drug-likeness (QED) is 0.248. The molecule has 0 unspecified atom stereocenters. The Morgan fingerprint density at radius 1 is 0.864 bits per heavy atom. The Hall–Kier alpha value is -0.540. The molecule has 0 heterocycles. The van der Waals surface area contributed by atoms with Gasteiger partial charge in [-0.2, -0.15) is 0 Å². The largest absolute Gasteiger partial charge is 0.341 e. The van der Waals surface area contributed by atoms with E-state index in [1.807, 2.05) is 0 Å². The van der Waals surface area contributed by atoms with E-state index in [1.54, 1.807) is 0 Å². The maximum atomic E-state index is 4.91. The summed E-state index contributed by atoms with van der Waals surface area (Å²) in [5, 5.41) is 3.04. The van der Waals surface area contributed by atoms with Gasteiger partial charge in [-0.05, 0) is 30.5 Å². The minimum Gasteiger partial charge on any atom is -0.341 e. The van der Waals surface area contributed by atoms with Crippen LogP contribution in [0.2, 0.25) is 0 Å². The van der Waals surface area contributed by atoms with E-state index >= 15 is 0 Å². The molecule has 0 bridgehead atoms. The third-order valence-electron chi connectivity index (χ3n) is 4.02. The molecule has 124 valence electrons. The highest BCUT2D eigenvalue weighted by Gasteiger charge is 1.97. The molecule has 0 spiro atoms. The number of unbranched alkanes of at least 4 members (excludes halogenated alkanes) is 9. The first-order valence-electron chi connectivity index (χ1n) is 8.81. The summed E-state index contributed by atoms with van der Waals surface area (Å²) in [6.07, 6.45) is 15.1. The van der Waals surface area contributed by atoms with Gasteiger partial charge in [-0.3, -0.25) is 0 Å². The van der Waals surface area contributed by atoms with Gasteiger partial charge in [0.1, 0.15) is 4.32 Å². The highest BCUT2D eigenvalue weighted by Crippen LogP contribution is 2.14.